The van der Waals surface area contributed by atoms with Gasteiger partial charge in [0.25, 0.3) is 5.91 Å². The van der Waals surface area contributed by atoms with Crippen LogP contribution in [-0.2, 0) is 16.1 Å². The number of carbonyl (C=O) groups is 2. The summed E-state index contributed by atoms with van der Waals surface area (Å²) in [6.07, 6.45) is 3.54. The molecule has 2 rings (SSSR count). The Bertz CT molecular complexity index is 1030. The molecule has 0 bridgehead atoms. The van der Waals surface area contributed by atoms with Crippen LogP contribution < -0.4 is 5.32 Å². The first-order valence-electron chi connectivity index (χ1n) is 10.1. The van der Waals surface area contributed by atoms with E-state index < -0.39 is 5.91 Å². The molecule has 1 aromatic heterocycles. The summed E-state index contributed by atoms with van der Waals surface area (Å²) < 4.78 is 2.19. The maximum Gasteiger partial charge on any atom is 0.264 e. The number of nitrogens with one attached hydrogen (secondary N) is 1. The van der Waals surface area contributed by atoms with Crippen LogP contribution in [0, 0.1) is 31.1 Å². The van der Waals surface area contributed by atoms with E-state index in [0.29, 0.717) is 11.6 Å². The van der Waals surface area contributed by atoms with Gasteiger partial charge in [-0.3, -0.25) is 9.59 Å². The Balaban J connectivity index is 2.15. The fourth-order valence-electron chi connectivity index (χ4n) is 3.35. The number of para-hydroxylation sites is 1. The fraction of sp³-hybridized carbons (Fsp3) is 0.375. The van der Waals surface area contributed by atoms with E-state index in [4.69, 9.17) is 0 Å². The van der Waals surface area contributed by atoms with E-state index in [-0.39, 0.29) is 18.0 Å². The normalized spacial score (nSPS) is 11.4. The molecule has 0 saturated heterocycles. The molecular weight excluding hydrogens is 408 g/mol. The summed E-state index contributed by atoms with van der Waals surface area (Å²) in [4.78, 5) is 27.5. The third-order valence-corrected chi connectivity index (χ3v) is 5.72. The predicted molar refractivity (Wildman–Crippen MR) is 127 cm³/mol. The molecule has 0 aliphatic heterocycles. The van der Waals surface area contributed by atoms with Crippen molar-refractivity contribution in [2.75, 3.05) is 25.2 Å². The van der Waals surface area contributed by atoms with E-state index in [9.17, 15) is 14.9 Å². The number of anilines is 1. The number of rotatable bonds is 8. The Kier molecular flexibility index (Phi) is 8.52. The van der Waals surface area contributed by atoms with Gasteiger partial charge in [-0.1, -0.05) is 26.0 Å². The zero-order chi connectivity index (χ0) is 23.1. The average Bonchev–Trinajstić information content (AvgIpc) is 2.98. The maximum absolute atomic E-state index is 12.8. The first kappa shape index (κ1) is 24.3. The molecule has 1 N–H and O–H groups in total. The van der Waals surface area contributed by atoms with E-state index in [1.807, 2.05) is 56.5 Å². The molecule has 0 fully saturated rings. The van der Waals surface area contributed by atoms with Gasteiger partial charge in [0.2, 0.25) is 5.91 Å². The summed E-state index contributed by atoms with van der Waals surface area (Å²) in [5.74, 6) is -0.311. The zero-order valence-electron chi connectivity index (χ0n) is 19.0. The number of amides is 2. The zero-order valence-corrected chi connectivity index (χ0v) is 19.8. The molecule has 0 radical (unpaired) electrons. The Labute approximate surface area is 188 Å². The number of benzene rings is 1. The molecule has 2 amide bonds. The lowest BCUT2D eigenvalue weighted by Crippen LogP contribution is -2.35. The van der Waals surface area contributed by atoms with Gasteiger partial charge in [-0.05, 0) is 55.9 Å². The maximum atomic E-state index is 12.8. The molecule has 0 atom stereocenters. The Morgan fingerprint density at radius 3 is 2.58 bits per heavy atom. The topological polar surface area (TPSA) is 78.1 Å². The van der Waals surface area contributed by atoms with Crippen LogP contribution in [-0.4, -0.2) is 41.1 Å². The summed E-state index contributed by atoms with van der Waals surface area (Å²) in [5, 5.41) is 12.4. The van der Waals surface area contributed by atoms with E-state index in [1.54, 1.807) is 6.08 Å². The van der Waals surface area contributed by atoms with Gasteiger partial charge in [0.15, 0.2) is 0 Å². The Morgan fingerprint density at radius 2 is 1.97 bits per heavy atom. The molecule has 0 saturated carbocycles. The van der Waals surface area contributed by atoms with Gasteiger partial charge >= 0.3 is 0 Å². The summed E-state index contributed by atoms with van der Waals surface area (Å²) >= 11 is 1.53. The number of likely N-dealkylation sites (N-methyl/N-ethyl adjacent to an activating group) is 1. The summed E-state index contributed by atoms with van der Waals surface area (Å²) in [7, 11) is 1.52. The molecule has 7 heteroatoms. The third-order valence-electron chi connectivity index (χ3n) is 4.92. The van der Waals surface area contributed by atoms with Crippen LogP contribution in [0.3, 0.4) is 0 Å². The molecule has 2 aromatic rings. The Hall–Kier alpha value is -2.98. The van der Waals surface area contributed by atoms with E-state index in [0.717, 1.165) is 28.4 Å². The number of carbonyl (C=O) groups excluding carboxylic acids is 2. The van der Waals surface area contributed by atoms with Gasteiger partial charge in [0.1, 0.15) is 11.6 Å². The summed E-state index contributed by atoms with van der Waals surface area (Å²) in [6, 6.07) is 11.5. The van der Waals surface area contributed by atoms with Crippen molar-refractivity contribution in [1.29, 1.82) is 5.26 Å². The van der Waals surface area contributed by atoms with Crippen LogP contribution in [0.4, 0.5) is 5.69 Å². The molecule has 0 spiro atoms. The molecule has 1 aromatic carbocycles. The molecule has 6 nitrogen and oxygen atoms in total. The second-order valence-corrected chi connectivity index (χ2v) is 8.76. The second kappa shape index (κ2) is 10.9. The van der Waals surface area contributed by atoms with Gasteiger partial charge in [0.05, 0.1) is 12.2 Å². The van der Waals surface area contributed by atoms with Crippen LogP contribution >= 0.6 is 11.8 Å². The molecule has 31 heavy (non-hydrogen) atoms. The number of aromatic nitrogens is 1. The lowest BCUT2D eigenvalue weighted by atomic mass is 10.1. The number of hydrogen-bond acceptors (Lipinski definition) is 4. The quantitative estimate of drug-likeness (QED) is 0.374. The summed E-state index contributed by atoms with van der Waals surface area (Å²) in [6.45, 7) is 9.03. The SMILES string of the molecule is CSc1ccccc1NC(=O)CN(C)C(=O)/C(C#N)=C/c1cc(C)n(CC(C)C)c1C. The highest BCUT2D eigenvalue weighted by atomic mass is 32.2. The minimum atomic E-state index is -0.482. The number of thioether (sulfide) groups is 1. The fourth-order valence-corrected chi connectivity index (χ4v) is 3.90. The monoisotopic (exact) mass is 438 g/mol. The molecular formula is C24H30N4O2S. The van der Waals surface area contributed by atoms with Crippen molar-refractivity contribution < 1.29 is 9.59 Å². The summed E-state index contributed by atoms with van der Waals surface area (Å²) in [5.41, 5.74) is 3.65. The van der Waals surface area contributed by atoms with Gasteiger partial charge in [-0.25, -0.2) is 0 Å². The van der Waals surface area contributed by atoms with Crippen LogP contribution in [0.25, 0.3) is 6.08 Å². The van der Waals surface area contributed by atoms with Gasteiger partial charge < -0.3 is 14.8 Å². The van der Waals surface area contributed by atoms with Crippen molar-refractivity contribution in [3.63, 3.8) is 0 Å². The van der Waals surface area contributed by atoms with Crippen molar-refractivity contribution in [2.45, 2.75) is 39.1 Å². The number of hydrogen-bond donors (Lipinski definition) is 1. The van der Waals surface area contributed by atoms with E-state index >= 15 is 0 Å². The smallest absolute Gasteiger partial charge is 0.264 e. The molecule has 164 valence electrons. The van der Waals surface area contributed by atoms with Crippen LogP contribution in [0.2, 0.25) is 0 Å². The van der Waals surface area contributed by atoms with Crippen molar-refractivity contribution in [1.82, 2.24) is 9.47 Å². The van der Waals surface area contributed by atoms with Crippen molar-refractivity contribution in [3.05, 3.63) is 52.9 Å². The molecule has 0 aliphatic rings. The van der Waals surface area contributed by atoms with E-state index in [1.165, 1.54) is 23.7 Å². The number of aryl methyl sites for hydroxylation is 1. The highest BCUT2D eigenvalue weighted by Crippen LogP contribution is 2.24. The Morgan fingerprint density at radius 1 is 1.29 bits per heavy atom. The van der Waals surface area contributed by atoms with Gasteiger partial charge in [-0.15, -0.1) is 11.8 Å². The third kappa shape index (κ3) is 6.25. The number of nitriles is 1. The second-order valence-electron chi connectivity index (χ2n) is 7.91. The molecule has 0 unspecified atom stereocenters. The molecule has 1 heterocycles. The lowest BCUT2D eigenvalue weighted by Gasteiger charge is -2.17. The van der Waals surface area contributed by atoms with Gasteiger partial charge in [-0.2, -0.15) is 5.26 Å². The van der Waals surface area contributed by atoms with Crippen molar-refractivity contribution in [3.8, 4) is 6.07 Å². The lowest BCUT2D eigenvalue weighted by molar-refractivity contribution is -0.129. The average molecular weight is 439 g/mol. The van der Waals surface area contributed by atoms with E-state index in [2.05, 4.69) is 23.7 Å². The minimum absolute atomic E-state index is 0.00427. The first-order valence-corrected chi connectivity index (χ1v) is 11.4. The number of nitrogens with zero attached hydrogens (tertiary/aromatic N) is 3. The first-order chi connectivity index (χ1) is 14.7. The van der Waals surface area contributed by atoms with Gasteiger partial charge in [0, 0.05) is 29.9 Å². The highest BCUT2D eigenvalue weighted by molar-refractivity contribution is 7.98. The van der Waals surface area contributed by atoms with Crippen molar-refractivity contribution in [2.24, 2.45) is 5.92 Å². The predicted octanol–water partition coefficient (Wildman–Crippen LogP) is 4.49. The largest absolute Gasteiger partial charge is 0.348 e. The standard InChI is InChI=1S/C24H30N4O2S/c1-16(2)14-28-17(3)11-19(18(28)4)12-20(13-25)24(30)27(5)15-23(29)26-21-9-7-8-10-22(21)31-6/h7-12,16H,14-15H2,1-6H3,(H,26,29)/b20-12+. The van der Waals surface area contributed by atoms with Crippen LogP contribution in [0.1, 0.15) is 30.8 Å². The molecule has 0 aliphatic carbocycles. The van der Waals surface area contributed by atoms with Crippen LogP contribution in [0.5, 0.6) is 0 Å². The minimum Gasteiger partial charge on any atom is -0.348 e. The van der Waals surface area contributed by atoms with Crippen LogP contribution in [0.15, 0.2) is 40.8 Å². The highest BCUT2D eigenvalue weighted by Gasteiger charge is 2.19. The van der Waals surface area contributed by atoms with Crippen molar-refractivity contribution >= 4 is 35.3 Å².